The third-order valence-corrected chi connectivity index (χ3v) is 9.11. The van der Waals surface area contributed by atoms with Crippen molar-refractivity contribution in [2.45, 2.75) is 35.6 Å². The maximum Gasteiger partial charge on any atom is 0.325 e. The lowest BCUT2D eigenvalue weighted by atomic mass is 10.1. The molecule has 5 rings (SSSR count). The van der Waals surface area contributed by atoms with Gasteiger partial charge >= 0.3 is 5.97 Å². The van der Waals surface area contributed by atoms with Crippen LogP contribution in [0.5, 0.6) is 0 Å². The minimum atomic E-state index is -4.19. The number of rotatable bonds is 9. The molecule has 2 atom stereocenters. The molecule has 0 spiro atoms. The highest BCUT2D eigenvalue weighted by atomic mass is 32.2. The Morgan fingerprint density at radius 2 is 1.69 bits per heavy atom. The molecule has 3 aromatic rings. The standard InChI is InChI=1S/C27H27N3O5S/c31-25-7-4-16-29(25)17-18-30(27(26(32)33)19-24(27)22-5-2-1-3-6-22)36(34,35)23-10-8-20(9-11-23)21-12-14-28-15-13-21/h1-3,5-6,8-15,24H,4,7,16-19H2,(H,32,33)/t24-,27+/m0/s1. The van der Waals surface area contributed by atoms with Gasteiger partial charge in [-0.2, -0.15) is 4.31 Å². The number of hydrogen-bond donors (Lipinski definition) is 1. The van der Waals surface area contributed by atoms with Crippen molar-refractivity contribution < 1.29 is 23.1 Å². The smallest absolute Gasteiger partial charge is 0.325 e. The summed E-state index contributed by atoms with van der Waals surface area (Å²) in [5, 5.41) is 10.4. The Labute approximate surface area is 210 Å². The fourth-order valence-electron chi connectivity index (χ4n) is 5.13. The van der Waals surface area contributed by atoms with E-state index >= 15 is 0 Å². The van der Waals surface area contributed by atoms with E-state index in [9.17, 15) is 23.1 Å². The number of carbonyl (C=O) groups is 2. The zero-order valence-electron chi connectivity index (χ0n) is 19.7. The number of sulfonamides is 1. The molecular weight excluding hydrogens is 478 g/mol. The number of amides is 1. The van der Waals surface area contributed by atoms with Crippen LogP contribution in [0.2, 0.25) is 0 Å². The molecule has 1 aliphatic carbocycles. The van der Waals surface area contributed by atoms with Crippen LogP contribution in [0.25, 0.3) is 11.1 Å². The van der Waals surface area contributed by atoms with Crippen LogP contribution in [0.15, 0.2) is 84.0 Å². The van der Waals surface area contributed by atoms with Crippen LogP contribution in [-0.2, 0) is 19.6 Å². The molecule has 2 aromatic carbocycles. The lowest BCUT2D eigenvalue weighted by molar-refractivity contribution is -0.143. The second kappa shape index (κ2) is 9.48. The Morgan fingerprint density at radius 1 is 1.03 bits per heavy atom. The fraction of sp³-hybridized carbons (Fsp3) is 0.296. The van der Waals surface area contributed by atoms with Crippen molar-refractivity contribution in [2.24, 2.45) is 0 Å². The summed E-state index contributed by atoms with van der Waals surface area (Å²) in [6, 6.07) is 19.2. The highest BCUT2D eigenvalue weighted by Crippen LogP contribution is 2.57. The average Bonchev–Trinajstić information content (AvgIpc) is 3.53. The van der Waals surface area contributed by atoms with Gasteiger partial charge in [0.05, 0.1) is 4.90 Å². The van der Waals surface area contributed by atoms with Crippen molar-refractivity contribution in [1.82, 2.24) is 14.2 Å². The first-order chi connectivity index (χ1) is 17.3. The number of nitrogens with zero attached hydrogens (tertiary/aromatic N) is 3. The molecule has 1 saturated heterocycles. The number of likely N-dealkylation sites (tertiary alicyclic amines) is 1. The molecule has 9 heteroatoms. The number of hydrogen-bond acceptors (Lipinski definition) is 5. The summed E-state index contributed by atoms with van der Waals surface area (Å²) < 4.78 is 29.1. The normalized spacial score (nSPS) is 21.6. The van der Waals surface area contributed by atoms with E-state index in [2.05, 4.69) is 4.98 Å². The van der Waals surface area contributed by atoms with Gasteiger partial charge in [0.25, 0.3) is 0 Å². The van der Waals surface area contributed by atoms with Crippen molar-refractivity contribution in [3.63, 3.8) is 0 Å². The van der Waals surface area contributed by atoms with Crippen molar-refractivity contribution in [1.29, 1.82) is 0 Å². The molecule has 1 aromatic heterocycles. The van der Waals surface area contributed by atoms with Gasteiger partial charge in [-0.15, -0.1) is 0 Å². The van der Waals surface area contributed by atoms with Gasteiger partial charge in [0, 0.05) is 44.4 Å². The molecule has 0 unspecified atom stereocenters. The van der Waals surface area contributed by atoms with Crippen LogP contribution in [0.1, 0.15) is 30.7 Å². The zero-order chi connectivity index (χ0) is 25.3. The number of carbonyl (C=O) groups excluding carboxylic acids is 1. The first-order valence-corrected chi connectivity index (χ1v) is 13.4. The number of pyridine rings is 1. The van der Waals surface area contributed by atoms with E-state index in [0.717, 1.165) is 27.4 Å². The summed E-state index contributed by atoms with van der Waals surface area (Å²) >= 11 is 0. The van der Waals surface area contributed by atoms with Crippen molar-refractivity contribution in [3.05, 3.63) is 84.7 Å². The lowest BCUT2D eigenvalue weighted by Crippen LogP contribution is -2.51. The molecule has 1 saturated carbocycles. The Kier molecular flexibility index (Phi) is 6.36. The van der Waals surface area contributed by atoms with Crippen LogP contribution >= 0.6 is 0 Å². The third kappa shape index (κ3) is 4.29. The molecule has 2 aliphatic rings. The summed E-state index contributed by atoms with van der Waals surface area (Å²) in [6.07, 6.45) is 4.65. The second-order valence-corrected chi connectivity index (χ2v) is 11.1. The number of carboxylic acid groups (broad SMARTS) is 1. The van der Waals surface area contributed by atoms with E-state index in [4.69, 9.17) is 0 Å². The lowest BCUT2D eigenvalue weighted by Gasteiger charge is -2.31. The topological polar surface area (TPSA) is 108 Å². The molecule has 2 fully saturated rings. The molecule has 1 amide bonds. The Balaban J connectivity index is 1.51. The molecule has 0 radical (unpaired) electrons. The number of benzene rings is 2. The Bertz CT molecular complexity index is 1360. The monoisotopic (exact) mass is 505 g/mol. The van der Waals surface area contributed by atoms with Gasteiger partial charge in [-0.25, -0.2) is 8.42 Å². The van der Waals surface area contributed by atoms with Gasteiger partial charge in [-0.3, -0.25) is 14.6 Å². The minimum Gasteiger partial charge on any atom is -0.480 e. The van der Waals surface area contributed by atoms with Gasteiger partial charge in [0.15, 0.2) is 0 Å². The van der Waals surface area contributed by atoms with Gasteiger partial charge < -0.3 is 10.0 Å². The number of aliphatic carboxylic acids is 1. The molecule has 0 bridgehead atoms. The molecule has 8 nitrogen and oxygen atoms in total. The van der Waals surface area contributed by atoms with Gasteiger partial charge in [0.1, 0.15) is 5.54 Å². The average molecular weight is 506 g/mol. The van der Waals surface area contributed by atoms with Gasteiger partial charge in [-0.1, -0.05) is 42.5 Å². The maximum atomic E-state index is 14.0. The molecule has 1 aliphatic heterocycles. The summed E-state index contributed by atoms with van der Waals surface area (Å²) in [6.45, 7) is 0.620. The highest BCUT2D eigenvalue weighted by molar-refractivity contribution is 7.89. The molecule has 186 valence electrons. The van der Waals surface area contributed by atoms with E-state index < -0.39 is 27.4 Å². The van der Waals surface area contributed by atoms with Crippen molar-refractivity contribution >= 4 is 21.9 Å². The molecular formula is C27H27N3O5S. The summed E-state index contributed by atoms with van der Waals surface area (Å²) in [7, 11) is -4.19. The molecule has 2 heterocycles. The predicted octanol–water partition coefficient (Wildman–Crippen LogP) is 3.37. The van der Waals surface area contributed by atoms with Crippen LogP contribution in [-0.4, -0.2) is 64.8 Å². The first kappa shape index (κ1) is 24.1. The largest absolute Gasteiger partial charge is 0.480 e. The van der Waals surface area contributed by atoms with Gasteiger partial charge in [-0.05, 0) is 53.8 Å². The second-order valence-electron chi connectivity index (χ2n) is 9.22. The van der Waals surface area contributed by atoms with E-state index in [0.29, 0.717) is 13.0 Å². The Hall–Kier alpha value is -3.56. The van der Waals surface area contributed by atoms with Crippen LogP contribution < -0.4 is 0 Å². The summed E-state index contributed by atoms with van der Waals surface area (Å²) in [5.74, 6) is -1.69. The summed E-state index contributed by atoms with van der Waals surface area (Å²) in [4.78, 5) is 30.5. The maximum absolute atomic E-state index is 14.0. The van der Waals surface area contributed by atoms with Crippen LogP contribution in [0.3, 0.4) is 0 Å². The molecule has 1 N–H and O–H groups in total. The zero-order valence-corrected chi connectivity index (χ0v) is 20.5. The van der Waals surface area contributed by atoms with E-state index in [1.54, 1.807) is 29.4 Å². The minimum absolute atomic E-state index is 0.0207. The van der Waals surface area contributed by atoms with Crippen LogP contribution in [0, 0.1) is 0 Å². The van der Waals surface area contributed by atoms with Crippen molar-refractivity contribution in [2.75, 3.05) is 19.6 Å². The Morgan fingerprint density at radius 3 is 2.31 bits per heavy atom. The first-order valence-electron chi connectivity index (χ1n) is 11.9. The van der Waals surface area contributed by atoms with E-state index in [1.165, 1.54) is 12.1 Å². The fourth-order valence-corrected chi connectivity index (χ4v) is 6.89. The van der Waals surface area contributed by atoms with Gasteiger partial charge in [0.2, 0.25) is 15.9 Å². The summed E-state index contributed by atoms with van der Waals surface area (Å²) in [5.41, 5.74) is 0.899. The van der Waals surface area contributed by atoms with Crippen molar-refractivity contribution in [3.8, 4) is 11.1 Å². The predicted molar refractivity (Wildman–Crippen MR) is 134 cm³/mol. The van der Waals surface area contributed by atoms with E-state index in [1.807, 2.05) is 42.5 Å². The molecule has 36 heavy (non-hydrogen) atoms. The quantitative estimate of drug-likeness (QED) is 0.478. The van der Waals surface area contributed by atoms with E-state index in [-0.39, 0.29) is 30.3 Å². The third-order valence-electron chi connectivity index (χ3n) is 7.15. The van der Waals surface area contributed by atoms with Crippen LogP contribution in [0.4, 0.5) is 0 Å². The number of carboxylic acids is 1. The highest BCUT2D eigenvalue weighted by Gasteiger charge is 2.67. The SMILES string of the molecule is O=C1CCCN1CCN([C@]1(C(=O)O)C[C@H]1c1ccccc1)S(=O)(=O)c1ccc(-c2ccncc2)cc1. The number of aromatic nitrogens is 1.